The molecule has 1 fully saturated rings. The average molecular weight is 260 g/mol. The molecule has 3 heteroatoms. The van der Waals surface area contributed by atoms with E-state index < -0.39 is 0 Å². The predicted molar refractivity (Wildman–Crippen MR) is 77.7 cm³/mol. The van der Waals surface area contributed by atoms with Crippen LogP contribution in [0, 0.1) is 0 Å². The highest BCUT2D eigenvalue weighted by molar-refractivity contribution is 5.46. The zero-order valence-electron chi connectivity index (χ0n) is 12.4. The Morgan fingerprint density at radius 1 is 1.16 bits per heavy atom. The van der Waals surface area contributed by atoms with Crippen molar-refractivity contribution in [1.82, 2.24) is 4.90 Å². The van der Waals surface area contributed by atoms with Crippen LogP contribution in [0.2, 0.25) is 0 Å². The molecule has 0 aliphatic carbocycles. The SMILES string of the molecule is CC1(C)CC(N2Cc3ccc(N)cc3C2)C(C)(C)O1. The van der Waals surface area contributed by atoms with Gasteiger partial charge in [-0.2, -0.15) is 0 Å². The molecule has 2 aliphatic heterocycles. The lowest BCUT2D eigenvalue weighted by atomic mass is 9.93. The first-order chi connectivity index (χ1) is 8.77. The van der Waals surface area contributed by atoms with Crippen molar-refractivity contribution in [2.24, 2.45) is 0 Å². The average Bonchev–Trinajstić information content (AvgIpc) is 2.75. The summed E-state index contributed by atoms with van der Waals surface area (Å²) in [6.07, 6.45) is 1.09. The first-order valence-electron chi connectivity index (χ1n) is 7.08. The Morgan fingerprint density at radius 2 is 1.84 bits per heavy atom. The molecule has 1 unspecified atom stereocenters. The Balaban J connectivity index is 1.83. The van der Waals surface area contributed by atoms with Gasteiger partial charge in [0, 0.05) is 24.8 Å². The number of hydrogen-bond acceptors (Lipinski definition) is 3. The number of benzene rings is 1. The van der Waals surface area contributed by atoms with E-state index in [4.69, 9.17) is 10.5 Å². The number of anilines is 1. The van der Waals surface area contributed by atoms with Crippen molar-refractivity contribution in [2.75, 3.05) is 5.73 Å². The first kappa shape index (κ1) is 12.9. The lowest BCUT2D eigenvalue weighted by Gasteiger charge is -2.33. The molecule has 2 N–H and O–H groups in total. The molecule has 19 heavy (non-hydrogen) atoms. The first-order valence-corrected chi connectivity index (χ1v) is 7.08. The highest BCUT2D eigenvalue weighted by atomic mass is 16.5. The maximum Gasteiger partial charge on any atom is 0.0789 e. The molecule has 3 rings (SSSR count). The van der Waals surface area contributed by atoms with Gasteiger partial charge in [-0.3, -0.25) is 4.90 Å². The number of ether oxygens (including phenoxy) is 1. The lowest BCUT2D eigenvalue weighted by Crippen LogP contribution is -2.43. The van der Waals surface area contributed by atoms with Crippen molar-refractivity contribution in [3.05, 3.63) is 29.3 Å². The molecule has 0 radical (unpaired) electrons. The van der Waals surface area contributed by atoms with Crippen molar-refractivity contribution in [3.63, 3.8) is 0 Å². The predicted octanol–water partition coefficient (Wildman–Crippen LogP) is 2.93. The monoisotopic (exact) mass is 260 g/mol. The minimum Gasteiger partial charge on any atom is -0.399 e. The third-order valence-corrected chi connectivity index (χ3v) is 4.44. The van der Waals surface area contributed by atoms with Gasteiger partial charge in [-0.25, -0.2) is 0 Å². The minimum absolute atomic E-state index is 0.0258. The molecule has 104 valence electrons. The van der Waals surface area contributed by atoms with Crippen molar-refractivity contribution in [1.29, 1.82) is 0 Å². The Labute approximate surface area is 115 Å². The number of nitrogens with two attached hydrogens (primary N) is 1. The van der Waals surface area contributed by atoms with Gasteiger partial charge in [-0.05, 0) is 57.4 Å². The van der Waals surface area contributed by atoms with Gasteiger partial charge in [0.25, 0.3) is 0 Å². The van der Waals surface area contributed by atoms with Gasteiger partial charge in [-0.15, -0.1) is 0 Å². The van der Waals surface area contributed by atoms with E-state index in [0.29, 0.717) is 6.04 Å². The van der Waals surface area contributed by atoms with Gasteiger partial charge in [0.1, 0.15) is 0 Å². The van der Waals surface area contributed by atoms with Crippen molar-refractivity contribution >= 4 is 5.69 Å². The molecule has 1 aromatic rings. The third-order valence-electron chi connectivity index (χ3n) is 4.44. The second kappa shape index (κ2) is 3.97. The van der Waals surface area contributed by atoms with Gasteiger partial charge in [0.15, 0.2) is 0 Å². The van der Waals surface area contributed by atoms with Crippen LogP contribution in [0.1, 0.15) is 45.2 Å². The molecule has 0 spiro atoms. The Kier molecular flexibility index (Phi) is 2.70. The van der Waals surface area contributed by atoms with E-state index >= 15 is 0 Å². The van der Waals surface area contributed by atoms with E-state index in [-0.39, 0.29) is 11.2 Å². The van der Waals surface area contributed by atoms with Gasteiger partial charge >= 0.3 is 0 Å². The van der Waals surface area contributed by atoms with Crippen LogP contribution in [-0.4, -0.2) is 22.1 Å². The van der Waals surface area contributed by atoms with Crippen molar-refractivity contribution in [3.8, 4) is 0 Å². The van der Waals surface area contributed by atoms with Crippen LogP contribution < -0.4 is 5.73 Å². The van der Waals surface area contributed by atoms with Crippen LogP contribution in [0.15, 0.2) is 18.2 Å². The summed E-state index contributed by atoms with van der Waals surface area (Å²) in [5.74, 6) is 0. The molecule has 0 aromatic heterocycles. The molecule has 1 saturated heterocycles. The number of nitrogen functional groups attached to an aromatic ring is 1. The second-order valence-electron chi connectivity index (χ2n) is 7.12. The third kappa shape index (κ3) is 2.26. The van der Waals surface area contributed by atoms with Crippen LogP contribution in [0.25, 0.3) is 0 Å². The largest absolute Gasteiger partial charge is 0.399 e. The Bertz CT molecular complexity index is 507. The lowest BCUT2D eigenvalue weighted by molar-refractivity contribution is -0.0810. The fraction of sp³-hybridized carbons (Fsp3) is 0.625. The number of hydrogen-bond donors (Lipinski definition) is 1. The van der Waals surface area contributed by atoms with Gasteiger partial charge in [-0.1, -0.05) is 6.07 Å². The molecule has 3 nitrogen and oxygen atoms in total. The maximum absolute atomic E-state index is 6.22. The summed E-state index contributed by atoms with van der Waals surface area (Å²) < 4.78 is 6.22. The topological polar surface area (TPSA) is 38.5 Å². The van der Waals surface area contributed by atoms with Gasteiger partial charge in [0.05, 0.1) is 11.2 Å². The van der Waals surface area contributed by atoms with Crippen LogP contribution in [0.3, 0.4) is 0 Å². The summed E-state index contributed by atoms with van der Waals surface area (Å²) in [4.78, 5) is 2.54. The molecule has 2 heterocycles. The Morgan fingerprint density at radius 3 is 2.47 bits per heavy atom. The summed E-state index contributed by atoms with van der Waals surface area (Å²) >= 11 is 0. The minimum atomic E-state index is -0.0862. The fourth-order valence-corrected chi connectivity index (χ4v) is 3.76. The van der Waals surface area contributed by atoms with E-state index in [1.54, 1.807) is 0 Å². The quantitative estimate of drug-likeness (QED) is 0.789. The van der Waals surface area contributed by atoms with Crippen LogP contribution in [0.5, 0.6) is 0 Å². The maximum atomic E-state index is 6.22. The summed E-state index contributed by atoms with van der Waals surface area (Å²) in [6.45, 7) is 10.8. The molecular formula is C16H24N2O. The van der Waals surface area contributed by atoms with E-state index in [1.807, 2.05) is 6.07 Å². The summed E-state index contributed by atoms with van der Waals surface area (Å²) in [5.41, 5.74) is 9.42. The van der Waals surface area contributed by atoms with E-state index in [9.17, 15) is 0 Å². The smallest absolute Gasteiger partial charge is 0.0789 e. The normalized spacial score (nSPS) is 28.5. The molecule has 2 aliphatic rings. The van der Waals surface area contributed by atoms with Crippen molar-refractivity contribution < 1.29 is 4.74 Å². The van der Waals surface area contributed by atoms with Crippen LogP contribution in [0.4, 0.5) is 5.69 Å². The van der Waals surface area contributed by atoms with Crippen LogP contribution >= 0.6 is 0 Å². The highest BCUT2D eigenvalue weighted by Gasteiger charge is 2.49. The fourth-order valence-electron chi connectivity index (χ4n) is 3.76. The molecule has 0 amide bonds. The van der Waals surface area contributed by atoms with Gasteiger partial charge in [0.2, 0.25) is 0 Å². The standard InChI is InChI=1S/C16H24N2O/c1-15(2)8-14(16(3,4)19-15)18-9-11-5-6-13(17)7-12(11)10-18/h5-7,14H,8-10,17H2,1-4H3. The summed E-state index contributed by atoms with van der Waals surface area (Å²) in [7, 11) is 0. The summed E-state index contributed by atoms with van der Waals surface area (Å²) in [5, 5.41) is 0. The molecule has 0 bridgehead atoms. The highest BCUT2D eigenvalue weighted by Crippen LogP contribution is 2.42. The molecular weight excluding hydrogens is 236 g/mol. The van der Waals surface area contributed by atoms with Crippen LogP contribution in [-0.2, 0) is 17.8 Å². The number of nitrogens with zero attached hydrogens (tertiary/aromatic N) is 1. The Hall–Kier alpha value is -1.06. The molecule has 1 atom stereocenters. The number of fused-ring (bicyclic) bond motifs is 1. The van der Waals surface area contributed by atoms with E-state index in [1.165, 1.54) is 11.1 Å². The summed E-state index contributed by atoms with van der Waals surface area (Å²) in [6, 6.07) is 6.75. The van der Waals surface area contributed by atoms with E-state index in [0.717, 1.165) is 25.2 Å². The number of rotatable bonds is 1. The van der Waals surface area contributed by atoms with Gasteiger partial charge < -0.3 is 10.5 Å². The zero-order valence-corrected chi connectivity index (χ0v) is 12.4. The van der Waals surface area contributed by atoms with E-state index in [2.05, 4.69) is 44.7 Å². The molecule has 0 saturated carbocycles. The molecule has 1 aromatic carbocycles. The second-order valence-corrected chi connectivity index (χ2v) is 7.12. The zero-order chi connectivity index (χ0) is 13.8. The van der Waals surface area contributed by atoms with Crippen molar-refractivity contribution in [2.45, 2.75) is 64.4 Å².